The number of rotatable bonds is 6. The van der Waals surface area contributed by atoms with Crippen molar-refractivity contribution in [3.05, 3.63) is 57.0 Å². The first-order valence-corrected chi connectivity index (χ1v) is 10.5. The molecule has 0 amide bonds. The number of ketones is 1. The van der Waals surface area contributed by atoms with Crippen molar-refractivity contribution in [1.82, 2.24) is 0 Å². The lowest BCUT2D eigenvalue weighted by atomic mass is 9.71. The monoisotopic (exact) mass is 478 g/mol. The second kappa shape index (κ2) is 8.85. The maximum atomic E-state index is 13.9. The van der Waals surface area contributed by atoms with Gasteiger partial charge in [0.1, 0.15) is 23.9 Å². The van der Waals surface area contributed by atoms with E-state index in [4.69, 9.17) is 14.2 Å². The molecule has 6 atom stereocenters. The van der Waals surface area contributed by atoms with E-state index in [2.05, 4.69) is 9.83 Å². The molecule has 0 aromatic heterocycles. The molecule has 0 spiro atoms. The van der Waals surface area contributed by atoms with Crippen molar-refractivity contribution in [1.29, 1.82) is 0 Å². The van der Waals surface area contributed by atoms with Crippen LogP contribution in [0.25, 0.3) is 0 Å². The third-order valence-corrected chi connectivity index (χ3v) is 6.44. The summed E-state index contributed by atoms with van der Waals surface area (Å²) in [5, 5.41) is 21.2. The predicted molar refractivity (Wildman–Crippen MR) is 112 cm³/mol. The van der Waals surface area contributed by atoms with E-state index in [9.17, 15) is 29.2 Å². The van der Waals surface area contributed by atoms with Gasteiger partial charge in [0.15, 0.2) is 17.5 Å². The Balaban J connectivity index is 1.76. The zero-order valence-electron chi connectivity index (χ0n) is 18.6. The Morgan fingerprint density at radius 2 is 1.94 bits per heavy atom. The van der Waals surface area contributed by atoms with Crippen LogP contribution in [0.15, 0.2) is 40.5 Å². The number of hydrogen-bond acceptors (Lipinski definition) is 10. The topological polar surface area (TPSA) is 147 Å². The number of Topliss-reactive ketones (excluding diaryl/α,β-unsaturated/α-hetero) is 1. The number of fused-ring (bicyclic) bond motifs is 1. The lowest BCUT2D eigenvalue weighted by Gasteiger charge is -2.35. The lowest BCUT2D eigenvalue weighted by Crippen LogP contribution is -2.53. The van der Waals surface area contributed by atoms with Gasteiger partial charge in [-0.15, -0.1) is 10.1 Å². The maximum absolute atomic E-state index is 13.9. The molecule has 0 radical (unpaired) electrons. The van der Waals surface area contributed by atoms with Crippen LogP contribution in [0.2, 0.25) is 0 Å². The van der Waals surface area contributed by atoms with Gasteiger partial charge in [-0.05, 0) is 31.5 Å². The minimum absolute atomic E-state index is 0.0154. The Bertz CT molecular complexity index is 1090. The lowest BCUT2D eigenvalue weighted by molar-refractivity contribution is -0.769. The number of hydrogen-bond donors (Lipinski definition) is 1. The summed E-state index contributed by atoms with van der Waals surface area (Å²) in [6.07, 6.45) is -3.39. The van der Waals surface area contributed by atoms with Gasteiger partial charge in [-0.3, -0.25) is 14.6 Å². The smallest absolute Gasteiger partial charge is 0.315 e. The highest BCUT2D eigenvalue weighted by molar-refractivity contribution is 6.11. The molecule has 2 unspecified atom stereocenters. The van der Waals surface area contributed by atoms with Gasteiger partial charge >= 0.3 is 5.97 Å². The summed E-state index contributed by atoms with van der Waals surface area (Å²) < 4.78 is 29.6. The van der Waals surface area contributed by atoms with E-state index < -0.39 is 65.0 Å². The third kappa shape index (κ3) is 3.87. The first-order valence-electron chi connectivity index (χ1n) is 10.5. The molecular weight excluding hydrogens is 455 g/mol. The van der Waals surface area contributed by atoms with Crippen LogP contribution in [0.3, 0.4) is 0 Å². The molecule has 11 nitrogen and oxygen atoms in total. The van der Waals surface area contributed by atoms with Crippen LogP contribution in [-0.4, -0.2) is 71.9 Å². The van der Waals surface area contributed by atoms with E-state index in [1.165, 1.54) is 31.4 Å². The third-order valence-electron chi connectivity index (χ3n) is 6.44. The van der Waals surface area contributed by atoms with E-state index in [-0.39, 0.29) is 17.9 Å². The number of methoxy groups -OCH3 is 1. The fourth-order valence-electron chi connectivity index (χ4n) is 4.92. The number of halogens is 1. The first kappa shape index (κ1) is 23.9. The summed E-state index contributed by atoms with van der Waals surface area (Å²) >= 11 is 0. The van der Waals surface area contributed by atoms with Crippen LogP contribution in [0.4, 0.5) is 4.39 Å². The summed E-state index contributed by atoms with van der Waals surface area (Å²) in [5.41, 5.74) is -1.11. The van der Waals surface area contributed by atoms with E-state index in [1.54, 1.807) is 13.8 Å². The summed E-state index contributed by atoms with van der Waals surface area (Å²) in [7, 11) is 1.20. The van der Waals surface area contributed by atoms with Crippen molar-refractivity contribution in [2.45, 2.75) is 43.7 Å². The van der Waals surface area contributed by atoms with Crippen molar-refractivity contribution in [2.75, 3.05) is 20.3 Å². The largest absolute Gasteiger partial charge is 0.468 e. The summed E-state index contributed by atoms with van der Waals surface area (Å²) in [5.74, 6) is -3.91. The quantitative estimate of drug-likeness (QED) is 0.361. The maximum Gasteiger partial charge on any atom is 0.315 e. The van der Waals surface area contributed by atoms with Gasteiger partial charge in [0.25, 0.3) is 5.09 Å². The highest BCUT2D eigenvalue weighted by atomic mass is 19.1. The Morgan fingerprint density at radius 1 is 1.26 bits per heavy atom. The first-order chi connectivity index (χ1) is 16.1. The van der Waals surface area contributed by atoms with E-state index >= 15 is 0 Å². The van der Waals surface area contributed by atoms with Crippen molar-refractivity contribution < 1.29 is 43.2 Å². The molecule has 12 heteroatoms. The fourth-order valence-corrected chi connectivity index (χ4v) is 4.92. The van der Waals surface area contributed by atoms with Gasteiger partial charge in [-0.25, -0.2) is 4.39 Å². The second-order valence-corrected chi connectivity index (χ2v) is 8.43. The molecule has 182 valence electrons. The van der Waals surface area contributed by atoms with Crippen LogP contribution < -0.4 is 0 Å². The van der Waals surface area contributed by atoms with Crippen LogP contribution in [0.1, 0.15) is 25.3 Å². The number of carbonyl (C=O) groups is 2. The molecule has 3 aliphatic rings. The van der Waals surface area contributed by atoms with Crippen molar-refractivity contribution in [3.63, 3.8) is 0 Å². The number of carbonyl (C=O) groups excluding carboxylic acids is 2. The molecule has 4 rings (SSSR count). The molecule has 1 aromatic rings. The SMILES string of the molecule is COC(=O)C1C(C)=NC(C)=C(C(=O)[C@@]2(O)CO[C@@H]3[C@@H](O[N+](=O)[O-])CO[C@@H]32)C1c1ccc(F)cc1. The van der Waals surface area contributed by atoms with Crippen LogP contribution in [0.5, 0.6) is 0 Å². The summed E-state index contributed by atoms with van der Waals surface area (Å²) in [6, 6.07) is 5.29. The Morgan fingerprint density at radius 3 is 2.56 bits per heavy atom. The molecular formula is C22H23FN2O9. The van der Waals surface area contributed by atoms with Gasteiger partial charge in [0.2, 0.25) is 0 Å². The molecule has 0 aliphatic carbocycles. The number of aliphatic imine (C=N–C) groups is 1. The summed E-state index contributed by atoms with van der Waals surface area (Å²) in [4.78, 5) is 46.3. The van der Waals surface area contributed by atoms with Crippen LogP contribution in [-0.2, 0) is 28.6 Å². The average molecular weight is 478 g/mol. The predicted octanol–water partition coefficient (Wildman–Crippen LogP) is 1.12. The van der Waals surface area contributed by atoms with E-state index in [0.717, 1.165) is 0 Å². The number of aliphatic hydroxyl groups is 1. The Kier molecular flexibility index (Phi) is 6.23. The van der Waals surface area contributed by atoms with E-state index in [1.807, 2.05) is 0 Å². The van der Waals surface area contributed by atoms with Crippen molar-refractivity contribution in [3.8, 4) is 0 Å². The molecule has 3 heterocycles. The number of benzene rings is 1. The molecule has 1 N–H and O–H groups in total. The summed E-state index contributed by atoms with van der Waals surface area (Å²) in [6.45, 7) is 2.42. The van der Waals surface area contributed by atoms with Crippen LogP contribution >= 0.6 is 0 Å². The highest BCUT2D eigenvalue weighted by Gasteiger charge is 2.62. The number of allylic oxidation sites excluding steroid dienone is 1. The molecule has 2 fully saturated rings. The molecule has 1 aromatic carbocycles. The van der Waals surface area contributed by atoms with Gasteiger partial charge in [-0.1, -0.05) is 12.1 Å². The fraction of sp³-hybridized carbons (Fsp3) is 0.500. The molecule has 34 heavy (non-hydrogen) atoms. The van der Waals surface area contributed by atoms with E-state index in [0.29, 0.717) is 11.3 Å². The minimum atomic E-state index is -2.21. The normalized spacial score (nSPS) is 32.7. The number of ether oxygens (including phenoxy) is 3. The van der Waals surface area contributed by atoms with Gasteiger partial charge in [0.05, 0.1) is 20.3 Å². The average Bonchev–Trinajstić information content (AvgIpc) is 3.34. The molecule has 0 saturated carbocycles. The second-order valence-electron chi connectivity index (χ2n) is 8.43. The number of esters is 1. The van der Waals surface area contributed by atoms with Crippen molar-refractivity contribution in [2.24, 2.45) is 10.9 Å². The van der Waals surface area contributed by atoms with Gasteiger partial charge in [0, 0.05) is 22.9 Å². The number of nitrogens with zero attached hydrogens (tertiary/aromatic N) is 2. The Hall–Kier alpha value is -3.22. The Labute approximate surface area is 193 Å². The zero-order valence-corrected chi connectivity index (χ0v) is 18.6. The highest BCUT2D eigenvalue weighted by Crippen LogP contribution is 2.45. The van der Waals surface area contributed by atoms with Gasteiger partial charge < -0.3 is 24.2 Å². The zero-order chi connectivity index (χ0) is 24.8. The van der Waals surface area contributed by atoms with Crippen molar-refractivity contribution >= 4 is 17.5 Å². The molecule has 2 saturated heterocycles. The standard InChI is InChI=1S/C22H23FN2O9/c1-10-15(19(26)22(28)9-33-18-14(34-25(29)30)8-32-20(18)22)17(12-4-6-13(23)7-5-12)16(11(2)24-10)21(27)31-3/h4-7,14,16-18,20,28H,8-9H2,1-3H3/t14-,16?,17?,18+,20-,22-/m0/s1. The van der Waals surface area contributed by atoms with Crippen LogP contribution in [0, 0.1) is 21.8 Å². The molecule has 3 aliphatic heterocycles. The molecule has 0 bridgehead atoms. The van der Waals surface area contributed by atoms with Gasteiger partial charge in [-0.2, -0.15) is 0 Å². The minimum Gasteiger partial charge on any atom is -0.468 e.